The Labute approximate surface area is 109 Å². The van der Waals surface area contributed by atoms with E-state index in [4.69, 9.17) is 9.05 Å². The van der Waals surface area contributed by atoms with E-state index >= 15 is 0 Å². The van der Waals surface area contributed by atoms with Crippen LogP contribution in [0.1, 0.15) is 41.5 Å². The fourth-order valence-corrected chi connectivity index (χ4v) is 3.03. The lowest BCUT2D eigenvalue weighted by Gasteiger charge is -2.36. The van der Waals surface area contributed by atoms with E-state index in [-0.39, 0.29) is 25.2 Å². The van der Waals surface area contributed by atoms with Gasteiger partial charge in [0.1, 0.15) is 6.16 Å². The van der Waals surface area contributed by atoms with Gasteiger partial charge in [-0.2, -0.15) is 0 Å². The van der Waals surface area contributed by atoms with Gasteiger partial charge in [-0.1, -0.05) is 13.8 Å². The van der Waals surface area contributed by atoms with E-state index in [2.05, 4.69) is 0 Å². The van der Waals surface area contributed by atoms with Crippen LogP contribution >= 0.6 is 7.60 Å². The first-order valence-corrected chi connectivity index (χ1v) is 7.86. The van der Waals surface area contributed by atoms with E-state index in [0.717, 1.165) is 0 Å². The predicted molar refractivity (Wildman–Crippen MR) is 70.8 cm³/mol. The normalized spacial score (nSPS) is 13.7. The first-order chi connectivity index (χ1) is 8.00. The highest BCUT2D eigenvalue weighted by atomic mass is 31.2. The van der Waals surface area contributed by atoms with Gasteiger partial charge in [-0.05, 0) is 27.7 Å². The minimum Gasteiger partial charge on any atom is -0.389 e. The summed E-state index contributed by atoms with van der Waals surface area (Å²) in [5, 5.41) is 9.98. The largest absolute Gasteiger partial charge is 0.389 e. The highest BCUT2D eigenvalue weighted by Gasteiger charge is 2.44. The lowest BCUT2D eigenvalue weighted by Crippen LogP contribution is -2.46. The third-order valence-electron chi connectivity index (χ3n) is 3.22. The fourth-order valence-electron chi connectivity index (χ4n) is 1.24. The van der Waals surface area contributed by atoms with Gasteiger partial charge in [-0.15, -0.1) is 0 Å². The summed E-state index contributed by atoms with van der Waals surface area (Å²) in [6.45, 7) is 10.2. The molecule has 0 radical (unpaired) electrons. The standard InChI is InChI=1S/C12H25O5P/c1-7-16-18(15,17-8-2)9-10(13)11(3,4)12(5,6)14/h14H,7-9H2,1-6H3. The van der Waals surface area contributed by atoms with Gasteiger partial charge >= 0.3 is 7.60 Å². The Morgan fingerprint density at radius 2 is 1.50 bits per heavy atom. The summed E-state index contributed by atoms with van der Waals surface area (Å²) in [5.41, 5.74) is -2.22. The van der Waals surface area contributed by atoms with Gasteiger partial charge in [0.05, 0.1) is 24.2 Å². The van der Waals surface area contributed by atoms with Crippen molar-refractivity contribution < 1.29 is 23.5 Å². The molecular weight excluding hydrogens is 255 g/mol. The summed E-state index contributed by atoms with van der Waals surface area (Å²) >= 11 is 0. The van der Waals surface area contributed by atoms with Crippen LogP contribution in [-0.2, 0) is 18.4 Å². The summed E-state index contributed by atoms with van der Waals surface area (Å²) in [7, 11) is -3.40. The van der Waals surface area contributed by atoms with Crippen LogP contribution in [0.2, 0.25) is 0 Å². The Morgan fingerprint density at radius 3 is 1.78 bits per heavy atom. The van der Waals surface area contributed by atoms with Gasteiger partial charge in [-0.3, -0.25) is 9.36 Å². The molecule has 5 nitrogen and oxygen atoms in total. The molecule has 0 aromatic rings. The molecule has 0 heterocycles. The first-order valence-electron chi connectivity index (χ1n) is 6.14. The molecule has 0 saturated carbocycles. The van der Waals surface area contributed by atoms with Gasteiger partial charge in [0.15, 0.2) is 5.78 Å². The second-order valence-electron chi connectivity index (χ2n) is 5.21. The van der Waals surface area contributed by atoms with E-state index in [1.54, 1.807) is 41.5 Å². The van der Waals surface area contributed by atoms with Crippen LogP contribution in [0.25, 0.3) is 0 Å². The van der Waals surface area contributed by atoms with Crippen molar-refractivity contribution in [3.05, 3.63) is 0 Å². The molecule has 6 heteroatoms. The molecule has 0 amide bonds. The number of carbonyl (C=O) groups excluding carboxylic acids is 1. The monoisotopic (exact) mass is 280 g/mol. The quantitative estimate of drug-likeness (QED) is 0.692. The molecule has 0 aliphatic rings. The molecular formula is C12H25O5P. The van der Waals surface area contributed by atoms with Gasteiger partial charge in [0, 0.05) is 0 Å². The van der Waals surface area contributed by atoms with E-state index in [1.165, 1.54) is 0 Å². The van der Waals surface area contributed by atoms with E-state index in [1.807, 2.05) is 0 Å². The zero-order valence-corrected chi connectivity index (χ0v) is 13.0. The second kappa shape index (κ2) is 6.29. The van der Waals surface area contributed by atoms with Crippen LogP contribution in [0.4, 0.5) is 0 Å². The van der Waals surface area contributed by atoms with Crippen molar-refractivity contribution in [2.24, 2.45) is 5.41 Å². The average molecular weight is 280 g/mol. The van der Waals surface area contributed by atoms with Crippen molar-refractivity contribution in [1.82, 2.24) is 0 Å². The third kappa shape index (κ3) is 4.47. The number of rotatable bonds is 8. The van der Waals surface area contributed by atoms with Crippen molar-refractivity contribution in [3.8, 4) is 0 Å². The molecule has 0 aromatic carbocycles. The number of ketones is 1. The summed E-state index contributed by atoms with van der Waals surface area (Å²) in [6.07, 6.45) is -0.314. The van der Waals surface area contributed by atoms with Crippen molar-refractivity contribution in [1.29, 1.82) is 0 Å². The second-order valence-corrected chi connectivity index (χ2v) is 7.27. The van der Waals surface area contributed by atoms with Crippen molar-refractivity contribution in [2.75, 3.05) is 19.4 Å². The Kier molecular flexibility index (Phi) is 6.21. The Balaban J connectivity index is 4.97. The molecule has 0 unspecified atom stereocenters. The first kappa shape index (κ1) is 17.8. The zero-order chi connectivity index (χ0) is 14.6. The molecule has 0 aliphatic carbocycles. The summed E-state index contributed by atoms with van der Waals surface area (Å²) in [6, 6.07) is 0. The minimum atomic E-state index is -3.40. The molecule has 0 rings (SSSR count). The predicted octanol–water partition coefficient (Wildman–Crippen LogP) is 2.62. The number of Topliss-reactive ketones (excluding diaryl/α,β-unsaturated/α-hetero) is 1. The van der Waals surface area contributed by atoms with E-state index in [9.17, 15) is 14.5 Å². The average Bonchev–Trinajstić information content (AvgIpc) is 2.15. The van der Waals surface area contributed by atoms with Crippen molar-refractivity contribution >= 4 is 13.4 Å². The molecule has 1 N–H and O–H groups in total. The molecule has 0 aliphatic heterocycles. The molecule has 0 atom stereocenters. The van der Waals surface area contributed by atoms with Crippen LogP contribution in [0.5, 0.6) is 0 Å². The highest BCUT2D eigenvalue weighted by Crippen LogP contribution is 2.50. The summed E-state index contributed by atoms with van der Waals surface area (Å²) < 4.78 is 22.4. The van der Waals surface area contributed by atoms with Crippen LogP contribution in [0.3, 0.4) is 0 Å². The van der Waals surface area contributed by atoms with Crippen LogP contribution in [-0.4, -0.2) is 35.9 Å². The summed E-state index contributed by atoms with van der Waals surface area (Å²) in [4.78, 5) is 12.2. The maximum atomic E-state index is 12.3. The molecule has 0 aromatic heterocycles. The van der Waals surface area contributed by atoms with Gasteiger partial charge in [-0.25, -0.2) is 0 Å². The maximum absolute atomic E-state index is 12.3. The lowest BCUT2D eigenvalue weighted by molar-refractivity contribution is -0.137. The maximum Gasteiger partial charge on any atom is 0.338 e. The van der Waals surface area contributed by atoms with Gasteiger partial charge in [0.2, 0.25) is 0 Å². The smallest absolute Gasteiger partial charge is 0.338 e. The van der Waals surface area contributed by atoms with E-state index < -0.39 is 18.6 Å². The minimum absolute atomic E-state index is 0.216. The van der Waals surface area contributed by atoms with Crippen LogP contribution in [0, 0.1) is 5.41 Å². The van der Waals surface area contributed by atoms with Crippen LogP contribution in [0.15, 0.2) is 0 Å². The third-order valence-corrected chi connectivity index (χ3v) is 5.19. The van der Waals surface area contributed by atoms with Gasteiger partial charge < -0.3 is 14.2 Å². The Hall–Kier alpha value is -0.220. The van der Waals surface area contributed by atoms with E-state index in [0.29, 0.717) is 0 Å². The van der Waals surface area contributed by atoms with Gasteiger partial charge in [0.25, 0.3) is 0 Å². The highest BCUT2D eigenvalue weighted by molar-refractivity contribution is 7.54. The number of aliphatic hydroxyl groups is 1. The molecule has 0 spiro atoms. The number of hydrogen-bond donors (Lipinski definition) is 1. The Morgan fingerprint density at radius 1 is 1.11 bits per heavy atom. The molecule has 0 saturated heterocycles. The molecule has 108 valence electrons. The number of hydrogen-bond acceptors (Lipinski definition) is 5. The molecule has 0 bridgehead atoms. The van der Waals surface area contributed by atoms with Crippen molar-refractivity contribution in [2.45, 2.75) is 47.1 Å². The Bertz CT molecular complexity index is 320. The summed E-state index contributed by atoms with van der Waals surface area (Å²) in [5.74, 6) is -0.333. The molecule has 18 heavy (non-hydrogen) atoms. The molecule has 0 fully saturated rings. The fraction of sp³-hybridized carbons (Fsp3) is 0.917. The zero-order valence-electron chi connectivity index (χ0n) is 12.1. The lowest BCUT2D eigenvalue weighted by atomic mass is 9.74. The SMILES string of the molecule is CCOP(=O)(CC(=O)C(C)(C)C(C)(C)O)OCC. The number of carbonyl (C=O) groups is 1. The van der Waals surface area contributed by atoms with Crippen LogP contribution < -0.4 is 0 Å². The topological polar surface area (TPSA) is 72.8 Å². The van der Waals surface area contributed by atoms with Crippen molar-refractivity contribution in [3.63, 3.8) is 0 Å².